The largest absolute Gasteiger partial charge is 0.480 e. The van der Waals surface area contributed by atoms with E-state index >= 15 is 0 Å². The van der Waals surface area contributed by atoms with Crippen LogP contribution in [-0.2, 0) is 9.53 Å². The van der Waals surface area contributed by atoms with Crippen LogP contribution in [0.25, 0.3) is 0 Å². The van der Waals surface area contributed by atoms with E-state index in [1.165, 1.54) is 19.3 Å². The molecule has 0 aromatic rings. The van der Waals surface area contributed by atoms with Gasteiger partial charge < -0.3 is 9.84 Å². The van der Waals surface area contributed by atoms with Crippen molar-refractivity contribution in [3.8, 4) is 0 Å². The van der Waals surface area contributed by atoms with Crippen molar-refractivity contribution >= 4 is 5.97 Å². The average Bonchev–Trinajstić information content (AvgIpc) is 2.40. The fourth-order valence-corrected chi connectivity index (χ4v) is 3.54. The molecule has 0 radical (unpaired) electrons. The Balaban J connectivity index is 2.11. The zero-order valence-corrected chi connectivity index (χ0v) is 11.3. The van der Waals surface area contributed by atoms with Crippen molar-refractivity contribution in [2.24, 2.45) is 0 Å². The van der Waals surface area contributed by atoms with Crippen LogP contribution in [0.15, 0.2) is 0 Å². The zero-order chi connectivity index (χ0) is 13.0. The monoisotopic (exact) mass is 255 g/mol. The molecule has 0 aromatic heterocycles. The minimum Gasteiger partial charge on any atom is -0.480 e. The maximum atomic E-state index is 11.8. The lowest BCUT2D eigenvalue weighted by molar-refractivity contribution is -0.155. The number of rotatable bonds is 4. The normalized spacial score (nSPS) is 34.4. The van der Waals surface area contributed by atoms with Crippen LogP contribution in [0, 0.1) is 0 Å². The first-order chi connectivity index (χ1) is 8.69. The van der Waals surface area contributed by atoms with E-state index in [2.05, 4.69) is 5.32 Å². The van der Waals surface area contributed by atoms with Crippen LogP contribution in [-0.4, -0.2) is 35.9 Å². The quantitative estimate of drug-likeness (QED) is 0.809. The molecule has 18 heavy (non-hydrogen) atoms. The smallest absolute Gasteiger partial charge is 0.326 e. The third kappa shape index (κ3) is 2.69. The third-order valence-corrected chi connectivity index (χ3v) is 4.57. The van der Waals surface area contributed by atoms with Gasteiger partial charge in [0.2, 0.25) is 0 Å². The summed E-state index contributed by atoms with van der Waals surface area (Å²) in [5.74, 6) is -0.736. The molecule has 0 bridgehead atoms. The lowest BCUT2D eigenvalue weighted by Crippen LogP contribution is -2.64. The number of nitrogens with one attached hydrogen (secondary N) is 1. The Labute approximate surface area is 109 Å². The zero-order valence-electron chi connectivity index (χ0n) is 11.3. The van der Waals surface area contributed by atoms with Crippen LogP contribution in [0.3, 0.4) is 0 Å². The Bertz CT molecular complexity index is 289. The molecule has 2 rings (SSSR count). The molecule has 2 fully saturated rings. The molecular weight excluding hydrogens is 230 g/mol. The van der Waals surface area contributed by atoms with Gasteiger partial charge >= 0.3 is 5.97 Å². The Morgan fingerprint density at radius 3 is 2.44 bits per heavy atom. The molecule has 2 saturated carbocycles. The fourth-order valence-electron chi connectivity index (χ4n) is 3.54. The maximum Gasteiger partial charge on any atom is 0.326 e. The van der Waals surface area contributed by atoms with E-state index in [9.17, 15) is 9.90 Å². The highest BCUT2D eigenvalue weighted by Gasteiger charge is 2.48. The van der Waals surface area contributed by atoms with Crippen LogP contribution in [0.4, 0.5) is 0 Å². The van der Waals surface area contributed by atoms with Gasteiger partial charge in [-0.15, -0.1) is 0 Å². The van der Waals surface area contributed by atoms with Gasteiger partial charge in [-0.3, -0.25) is 10.1 Å². The van der Waals surface area contributed by atoms with Crippen molar-refractivity contribution in [1.29, 1.82) is 0 Å². The van der Waals surface area contributed by atoms with Gasteiger partial charge in [0.25, 0.3) is 0 Å². The van der Waals surface area contributed by atoms with Crippen molar-refractivity contribution < 1.29 is 14.6 Å². The topological polar surface area (TPSA) is 58.6 Å². The van der Waals surface area contributed by atoms with Crippen molar-refractivity contribution in [2.75, 3.05) is 7.11 Å². The van der Waals surface area contributed by atoms with Crippen LogP contribution < -0.4 is 5.32 Å². The molecule has 104 valence electrons. The number of hydrogen-bond donors (Lipinski definition) is 2. The molecule has 2 aliphatic rings. The molecule has 2 atom stereocenters. The number of aliphatic carboxylic acids is 1. The van der Waals surface area contributed by atoms with E-state index in [0.29, 0.717) is 12.5 Å². The summed E-state index contributed by atoms with van der Waals surface area (Å²) in [6, 6.07) is 0.352. The SMILES string of the molecule is COC1CCCCC1(NC1CCCCC1)C(=O)O. The summed E-state index contributed by atoms with van der Waals surface area (Å²) in [5.41, 5.74) is -0.852. The highest BCUT2D eigenvalue weighted by Crippen LogP contribution is 2.33. The summed E-state index contributed by atoms with van der Waals surface area (Å²) in [7, 11) is 1.64. The summed E-state index contributed by atoms with van der Waals surface area (Å²) >= 11 is 0. The summed E-state index contributed by atoms with van der Waals surface area (Å²) in [4.78, 5) is 11.8. The molecule has 2 N–H and O–H groups in total. The van der Waals surface area contributed by atoms with E-state index in [0.717, 1.165) is 32.1 Å². The second-order valence-corrected chi connectivity index (χ2v) is 5.73. The van der Waals surface area contributed by atoms with Gasteiger partial charge in [-0.05, 0) is 25.7 Å². The molecule has 0 saturated heterocycles. The van der Waals surface area contributed by atoms with Gasteiger partial charge in [-0.25, -0.2) is 0 Å². The molecule has 2 unspecified atom stereocenters. The van der Waals surface area contributed by atoms with Crippen LogP contribution in [0.5, 0.6) is 0 Å². The number of methoxy groups -OCH3 is 1. The van der Waals surface area contributed by atoms with Crippen molar-refractivity contribution in [2.45, 2.75) is 75.5 Å². The van der Waals surface area contributed by atoms with Crippen molar-refractivity contribution in [3.63, 3.8) is 0 Å². The fraction of sp³-hybridized carbons (Fsp3) is 0.929. The molecule has 0 amide bonds. The molecule has 0 spiro atoms. The number of carboxylic acids is 1. The van der Waals surface area contributed by atoms with E-state index in [1.54, 1.807) is 7.11 Å². The average molecular weight is 255 g/mol. The molecular formula is C14H25NO3. The summed E-state index contributed by atoms with van der Waals surface area (Å²) in [5, 5.41) is 13.1. The minimum atomic E-state index is -0.852. The maximum absolute atomic E-state index is 11.8. The first kappa shape index (κ1) is 13.8. The lowest BCUT2D eigenvalue weighted by Gasteiger charge is -2.43. The minimum absolute atomic E-state index is 0.189. The number of hydrogen-bond acceptors (Lipinski definition) is 3. The Kier molecular flexibility index (Phi) is 4.62. The molecule has 0 aromatic carbocycles. The Hall–Kier alpha value is -0.610. The van der Waals surface area contributed by atoms with Gasteiger partial charge in [0, 0.05) is 13.2 Å². The van der Waals surface area contributed by atoms with Crippen molar-refractivity contribution in [1.82, 2.24) is 5.32 Å². The molecule has 0 heterocycles. The first-order valence-electron chi connectivity index (χ1n) is 7.23. The second-order valence-electron chi connectivity index (χ2n) is 5.73. The molecule has 4 heteroatoms. The molecule has 4 nitrogen and oxygen atoms in total. The number of carbonyl (C=O) groups is 1. The van der Waals surface area contributed by atoms with Crippen molar-refractivity contribution in [3.05, 3.63) is 0 Å². The van der Waals surface area contributed by atoms with Gasteiger partial charge in [0.05, 0.1) is 6.10 Å². The number of ether oxygens (including phenoxy) is 1. The summed E-state index contributed by atoms with van der Waals surface area (Å²) in [6.07, 6.45) is 9.32. The first-order valence-corrected chi connectivity index (χ1v) is 7.23. The predicted molar refractivity (Wildman–Crippen MR) is 69.6 cm³/mol. The Morgan fingerprint density at radius 1 is 1.17 bits per heavy atom. The Morgan fingerprint density at radius 2 is 1.83 bits per heavy atom. The van der Waals surface area contributed by atoms with Crippen LogP contribution >= 0.6 is 0 Å². The summed E-state index contributed by atoms with van der Waals surface area (Å²) < 4.78 is 5.47. The van der Waals surface area contributed by atoms with E-state index in [4.69, 9.17) is 4.74 Å². The van der Waals surface area contributed by atoms with Gasteiger partial charge in [-0.2, -0.15) is 0 Å². The van der Waals surface area contributed by atoms with E-state index in [1.807, 2.05) is 0 Å². The van der Waals surface area contributed by atoms with E-state index in [-0.39, 0.29) is 6.10 Å². The standard InChI is InChI=1S/C14H25NO3/c1-18-12-9-5-6-10-14(12,13(16)17)15-11-7-3-2-4-8-11/h11-12,15H,2-10H2,1H3,(H,16,17). The lowest BCUT2D eigenvalue weighted by atomic mass is 9.77. The predicted octanol–water partition coefficient (Wildman–Crippen LogP) is 2.32. The summed E-state index contributed by atoms with van der Waals surface area (Å²) in [6.45, 7) is 0. The molecule has 0 aliphatic heterocycles. The highest BCUT2D eigenvalue weighted by molar-refractivity contribution is 5.80. The third-order valence-electron chi connectivity index (χ3n) is 4.57. The van der Waals surface area contributed by atoms with Crippen LogP contribution in [0.2, 0.25) is 0 Å². The second kappa shape index (κ2) is 6.02. The highest BCUT2D eigenvalue weighted by atomic mass is 16.5. The van der Waals surface area contributed by atoms with Gasteiger partial charge in [-0.1, -0.05) is 32.1 Å². The van der Waals surface area contributed by atoms with Crippen LogP contribution in [0.1, 0.15) is 57.8 Å². The van der Waals surface area contributed by atoms with E-state index < -0.39 is 11.5 Å². The van der Waals surface area contributed by atoms with Gasteiger partial charge in [0.1, 0.15) is 5.54 Å². The molecule has 2 aliphatic carbocycles. The number of carboxylic acid groups (broad SMARTS) is 1. The van der Waals surface area contributed by atoms with Gasteiger partial charge in [0.15, 0.2) is 0 Å².